The van der Waals surface area contributed by atoms with Gasteiger partial charge in [-0.1, -0.05) is 0 Å². The molecule has 0 saturated heterocycles. The average Bonchev–Trinajstić information content (AvgIpc) is 2.15. The second-order valence-electron chi connectivity index (χ2n) is 4.33. The highest BCUT2D eigenvalue weighted by molar-refractivity contribution is 5.39. The first-order valence-electron chi connectivity index (χ1n) is 4.81. The minimum absolute atomic E-state index is 0.166. The van der Waals surface area contributed by atoms with Gasteiger partial charge in [0.15, 0.2) is 0 Å². The first-order chi connectivity index (χ1) is 7.18. The Hall–Kier alpha value is -1.47. The molecular weight excluding hydrogens is 212 g/mol. The van der Waals surface area contributed by atoms with Crippen LogP contribution >= 0.6 is 0 Å². The molecule has 0 spiro atoms. The number of aliphatic hydroxyl groups is 1. The summed E-state index contributed by atoms with van der Waals surface area (Å²) in [6, 6.07) is 5.71. The number of hydrogen-bond acceptors (Lipinski definition) is 2. The van der Waals surface area contributed by atoms with Crippen molar-refractivity contribution >= 4 is 0 Å². The highest BCUT2D eigenvalue weighted by atomic mass is 19.3. The predicted octanol–water partition coefficient (Wildman–Crippen LogP) is 2.73. The maximum absolute atomic E-state index is 13.8. The standard InChI is InChI=1S/C12H13F2NO/c1-8-4-9(7-15)6-10(5-8)12(13,14)11(2,3)16/h4-6,16H,1-3H3. The normalized spacial score (nSPS) is 12.3. The molecule has 0 amide bonds. The SMILES string of the molecule is Cc1cc(C#N)cc(C(F)(F)C(C)(C)O)c1. The lowest BCUT2D eigenvalue weighted by Crippen LogP contribution is -2.40. The van der Waals surface area contributed by atoms with E-state index in [2.05, 4.69) is 0 Å². The minimum Gasteiger partial charge on any atom is -0.384 e. The van der Waals surface area contributed by atoms with E-state index in [4.69, 9.17) is 5.26 Å². The van der Waals surface area contributed by atoms with Gasteiger partial charge in [0.05, 0.1) is 11.6 Å². The summed E-state index contributed by atoms with van der Waals surface area (Å²) in [5.41, 5.74) is -1.76. The fourth-order valence-electron chi connectivity index (χ4n) is 1.38. The first kappa shape index (κ1) is 12.6. The third-order valence-corrected chi connectivity index (χ3v) is 2.34. The van der Waals surface area contributed by atoms with E-state index in [1.165, 1.54) is 12.1 Å². The van der Waals surface area contributed by atoms with E-state index in [-0.39, 0.29) is 11.1 Å². The largest absolute Gasteiger partial charge is 0.384 e. The number of nitrogens with zero attached hydrogens (tertiary/aromatic N) is 1. The zero-order valence-electron chi connectivity index (χ0n) is 9.38. The molecule has 0 unspecified atom stereocenters. The minimum atomic E-state index is -3.38. The van der Waals surface area contributed by atoms with E-state index >= 15 is 0 Å². The van der Waals surface area contributed by atoms with Crippen LogP contribution in [0.15, 0.2) is 18.2 Å². The van der Waals surface area contributed by atoms with Gasteiger partial charge in [0, 0.05) is 5.56 Å². The van der Waals surface area contributed by atoms with Crippen LogP contribution in [-0.2, 0) is 5.92 Å². The van der Waals surface area contributed by atoms with Crippen LogP contribution in [0, 0.1) is 18.3 Å². The highest BCUT2D eigenvalue weighted by Crippen LogP contribution is 2.39. The number of aryl methyl sites for hydroxylation is 1. The van der Waals surface area contributed by atoms with E-state index in [0.717, 1.165) is 19.9 Å². The molecule has 0 aromatic heterocycles. The lowest BCUT2D eigenvalue weighted by Gasteiger charge is -2.29. The van der Waals surface area contributed by atoms with Crippen molar-refractivity contribution in [3.05, 3.63) is 34.9 Å². The Morgan fingerprint density at radius 2 is 1.81 bits per heavy atom. The molecule has 0 fully saturated rings. The molecule has 1 rings (SSSR count). The number of benzene rings is 1. The fourth-order valence-corrected chi connectivity index (χ4v) is 1.38. The molecule has 1 N–H and O–H groups in total. The van der Waals surface area contributed by atoms with E-state index < -0.39 is 11.5 Å². The Labute approximate surface area is 93.1 Å². The molecule has 0 saturated carbocycles. The Morgan fingerprint density at radius 1 is 1.25 bits per heavy atom. The first-order valence-corrected chi connectivity index (χ1v) is 4.81. The number of alkyl halides is 2. The van der Waals surface area contributed by atoms with Crippen LogP contribution in [0.25, 0.3) is 0 Å². The van der Waals surface area contributed by atoms with Gasteiger partial charge >= 0.3 is 5.92 Å². The van der Waals surface area contributed by atoms with E-state index in [1.54, 1.807) is 6.92 Å². The molecule has 4 heteroatoms. The average molecular weight is 225 g/mol. The van der Waals surface area contributed by atoms with Gasteiger partial charge < -0.3 is 5.11 Å². The van der Waals surface area contributed by atoms with Gasteiger partial charge in [0.2, 0.25) is 0 Å². The maximum atomic E-state index is 13.8. The van der Waals surface area contributed by atoms with Crippen molar-refractivity contribution in [2.75, 3.05) is 0 Å². The van der Waals surface area contributed by atoms with Crippen molar-refractivity contribution in [1.29, 1.82) is 5.26 Å². The second-order valence-corrected chi connectivity index (χ2v) is 4.33. The summed E-state index contributed by atoms with van der Waals surface area (Å²) in [4.78, 5) is 0. The lowest BCUT2D eigenvalue weighted by atomic mass is 9.91. The highest BCUT2D eigenvalue weighted by Gasteiger charge is 2.47. The zero-order chi connectivity index (χ0) is 12.6. The smallest absolute Gasteiger partial charge is 0.300 e. The summed E-state index contributed by atoms with van der Waals surface area (Å²) < 4.78 is 27.6. The monoisotopic (exact) mass is 225 g/mol. The quantitative estimate of drug-likeness (QED) is 0.841. The number of rotatable bonds is 2. The number of hydrogen-bond donors (Lipinski definition) is 1. The molecule has 2 nitrogen and oxygen atoms in total. The van der Waals surface area contributed by atoms with E-state index in [1.807, 2.05) is 6.07 Å². The van der Waals surface area contributed by atoms with Gasteiger partial charge in [-0.2, -0.15) is 14.0 Å². The summed E-state index contributed by atoms with van der Waals surface area (Å²) in [7, 11) is 0. The van der Waals surface area contributed by atoms with Crippen LogP contribution in [0.5, 0.6) is 0 Å². The van der Waals surface area contributed by atoms with E-state index in [9.17, 15) is 13.9 Å². The molecule has 86 valence electrons. The molecule has 1 aromatic rings. The second kappa shape index (κ2) is 3.84. The molecule has 0 aliphatic rings. The Bertz CT molecular complexity index is 441. The molecule has 0 aliphatic carbocycles. The molecule has 0 bridgehead atoms. The lowest BCUT2D eigenvalue weighted by molar-refractivity contribution is -0.168. The molecule has 16 heavy (non-hydrogen) atoms. The van der Waals surface area contributed by atoms with Gasteiger partial charge in [0.1, 0.15) is 5.60 Å². The van der Waals surface area contributed by atoms with Crippen LogP contribution < -0.4 is 0 Å². The van der Waals surface area contributed by atoms with Crippen molar-refractivity contribution in [2.24, 2.45) is 0 Å². The summed E-state index contributed by atoms with van der Waals surface area (Å²) in [6.45, 7) is 3.72. The Kier molecular flexibility index (Phi) is 3.02. The third-order valence-electron chi connectivity index (χ3n) is 2.34. The van der Waals surface area contributed by atoms with Gasteiger partial charge in [-0.3, -0.25) is 0 Å². The van der Waals surface area contributed by atoms with Crippen molar-refractivity contribution in [1.82, 2.24) is 0 Å². The predicted molar refractivity (Wildman–Crippen MR) is 56.1 cm³/mol. The summed E-state index contributed by atoms with van der Waals surface area (Å²) in [5, 5.41) is 18.1. The van der Waals surface area contributed by atoms with Crippen LogP contribution in [0.4, 0.5) is 8.78 Å². The van der Waals surface area contributed by atoms with Crippen LogP contribution in [0.1, 0.15) is 30.5 Å². The number of nitriles is 1. The van der Waals surface area contributed by atoms with Crippen molar-refractivity contribution in [2.45, 2.75) is 32.3 Å². The van der Waals surface area contributed by atoms with Gasteiger partial charge in [-0.25, -0.2) is 0 Å². The zero-order valence-corrected chi connectivity index (χ0v) is 9.38. The molecular formula is C12H13F2NO. The molecule has 0 radical (unpaired) electrons. The topological polar surface area (TPSA) is 44.0 Å². The van der Waals surface area contributed by atoms with Crippen LogP contribution in [0.2, 0.25) is 0 Å². The van der Waals surface area contributed by atoms with Gasteiger partial charge in [-0.15, -0.1) is 0 Å². The van der Waals surface area contributed by atoms with Gasteiger partial charge in [0.25, 0.3) is 0 Å². The summed E-state index contributed by atoms with van der Waals surface area (Å²) in [5.74, 6) is -3.38. The van der Waals surface area contributed by atoms with Crippen molar-refractivity contribution in [3.63, 3.8) is 0 Å². The van der Waals surface area contributed by atoms with Crippen molar-refractivity contribution < 1.29 is 13.9 Å². The Morgan fingerprint density at radius 3 is 2.25 bits per heavy atom. The molecule has 1 aromatic carbocycles. The Balaban J connectivity index is 3.35. The van der Waals surface area contributed by atoms with Crippen LogP contribution in [-0.4, -0.2) is 10.7 Å². The summed E-state index contributed by atoms with van der Waals surface area (Å²) >= 11 is 0. The fraction of sp³-hybridized carbons (Fsp3) is 0.417. The maximum Gasteiger partial charge on any atom is 0.300 e. The van der Waals surface area contributed by atoms with E-state index in [0.29, 0.717) is 5.56 Å². The molecule has 0 aliphatic heterocycles. The molecule has 0 atom stereocenters. The molecule has 0 heterocycles. The van der Waals surface area contributed by atoms with Crippen molar-refractivity contribution in [3.8, 4) is 6.07 Å². The van der Waals surface area contributed by atoms with Crippen LogP contribution in [0.3, 0.4) is 0 Å². The summed E-state index contributed by atoms with van der Waals surface area (Å²) in [6.07, 6.45) is 0. The number of halogens is 2. The third kappa shape index (κ3) is 2.20. The van der Waals surface area contributed by atoms with Gasteiger partial charge in [-0.05, 0) is 44.5 Å².